The average Bonchev–Trinajstić information content (AvgIpc) is 2.83. The third-order valence-corrected chi connectivity index (χ3v) is 4.51. The van der Waals surface area contributed by atoms with Crippen LogP contribution < -0.4 is 0 Å². The third-order valence-electron chi connectivity index (χ3n) is 2.40. The van der Waals surface area contributed by atoms with Gasteiger partial charge < -0.3 is 0 Å². The van der Waals surface area contributed by atoms with E-state index < -0.39 is 0 Å². The van der Waals surface area contributed by atoms with E-state index in [9.17, 15) is 0 Å². The molecule has 0 spiro atoms. The van der Waals surface area contributed by atoms with Gasteiger partial charge in [0.2, 0.25) is 0 Å². The van der Waals surface area contributed by atoms with Gasteiger partial charge in [0.15, 0.2) is 0 Å². The minimum Gasteiger partial charge on any atom is -0.255 e. The first kappa shape index (κ1) is 16.1. The van der Waals surface area contributed by atoms with Gasteiger partial charge in [-0.15, -0.1) is 29.0 Å². The molecule has 3 aromatic rings. The third kappa shape index (κ3) is 3.35. The topological polar surface area (TPSA) is 0 Å². The van der Waals surface area contributed by atoms with Crippen molar-refractivity contribution >= 4 is 33.4 Å². The molecule has 2 heterocycles. The second kappa shape index (κ2) is 7.03. The molecule has 0 amide bonds. The van der Waals surface area contributed by atoms with Gasteiger partial charge in [-0.05, 0) is 17.9 Å². The van der Waals surface area contributed by atoms with Crippen LogP contribution in [0.15, 0.2) is 36.4 Å². The maximum Gasteiger partial charge on any atom is 0.00121 e. The molecule has 0 aliphatic heterocycles. The van der Waals surface area contributed by atoms with Crippen molar-refractivity contribution in [2.45, 2.75) is 6.92 Å². The Morgan fingerprint density at radius 1 is 1.00 bits per heavy atom. The molecule has 0 aliphatic carbocycles. The zero-order valence-corrected chi connectivity index (χ0v) is 16.7. The molecule has 2 radical (unpaired) electrons. The molecule has 0 N–H and O–H groups in total. The Hall–Kier alpha value is 1.09. The number of hydrogen-bond acceptors (Lipinski definition) is 2. The molecule has 0 atom stereocenters. The van der Waals surface area contributed by atoms with Gasteiger partial charge in [-0.2, -0.15) is 11.3 Å². The van der Waals surface area contributed by atoms with Crippen molar-refractivity contribution in [1.82, 2.24) is 0 Å². The fraction of sp³-hybridized carbons (Fsp3) is 0.0769. The second-order valence-electron chi connectivity index (χ2n) is 3.49. The Bertz CT molecular complexity index is 610. The van der Waals surface area contributed by atoms with Crippen LogP contribution in [0.1, 0.15) is 4.88 Å². The predicted molar refractivity (Wildman–Crippen MR) is 68.7 cm³/mol. The number of aryl methyl sites for hydroxylation is 1. The zero-order chi connectivity index (χ0) is 10.3. The zero-order valence-electron chi connectivity index (χ0n) is 9.44. The second-order valence-corrected chi connectivity index (χ2v) is 5.59. The monoisotopic (exact) mass is 407 g/mol. The molecule has 80 valence electrons. The molecular formula is C13H9S2Y2-. The molecule has 1 aromatic carbocycles. The van der Waals surface area contributed by atoms with E-state index in [1.165, 1.54) is 25.4 Å². The molecule has 4 heteroatoms. The molecule has 0 aliphatic rings. The maximum atomic E-state index is 3.34. The van der Waals surface area contributed by atoms with Crippen LogP contribution in [0.4, 0.5) is 0 Å². The predicted octanol–water partition coefficient (Wildman–Crippen LogP) is 4.73. The summed E-state index contributed by atoms with van der Waals surface area (Å²) in [6, 6.07) is 12.8. The number of benzene rings is 1. The maximum absolute atomic E-state index is 3.34. The van der Waals surface area contributed by atoms with Gasteiger partial charge in [0, 0.05) is 70.3 Å². The Morgan fingerprint density at radius 3 is 2.47 bits per heavy atom. The quantitative estimate of drug-likeness (QED) is 0.512. The summed E-state index contributed by atoms with van der Waals surface area (Å²) in [7, 11) is 0. The average molecular weight is 407 g/mol. The standard InChI is InChI=1S/C13H9S2.2Y/c1-9-6-7-12(15-9)13-11-5-3-2-4-10(11)8-14-13;;/h2-7H,1H3;;/q-1;;. The number of fused-ring (bicyclic) bond motifs is 1. The normalized spacial score (nSPS) is 9.71. The van der Waals surface area contributed by atoms with Crippen LogP contribution in [0, 0.1) is 12.3 Å². The van der Waals surface area contributed by atoms with Gasteiger partial charge in [-0.1, -0.05) is 22.4 Å². The van der Waals surface area contributed by atoms with E-state index in [1.54, 1.807) is 11.3 Å². The summed E-state index contributed by atoms with van der Waals surface area (Å²) >= 11 is 3.57. The van der Waals surface area contributed by atoms with Gasteiger partial charge in [0.05, 0.1) is 0 Å². The van der Waals surface area contributed by atoms with E-state index >= 15 is 0 Å². The van der Waals surface area contributed by atoms with E-state index in [0.29, 0.717) is 0 Å². The molecule has 0 unspecified atom stereocenters. The number of hydrogen-bond donors (Lipinski definition) is 0. The summed E-state index contributed by atoms with van der Waals surface area (Å²) in [5.74, 6) is 0. The number of thiophene rings is 2. The SMILES string of the molecule is Cc1ccc(-c2s[c-]c3ccccc23)s1.[Y].[Y]. The fourth-order valence-electron chi connectivity index (χ4n) is 1.67. The minimum absolute atomic E-state index is 0. The van der Waals surface area contributed by atoms with Crippen LogP contribution in [0.25, 0.3) is 20.5 Å². The van der Waals surface area contributed by atoms with Gasteiger partial charge in [0.1, 0.15) is 0 Å². The minimum atomic E-state index is 0. The fourth-order valence-corrected chi connectivity index (χ4v) is 3.59. The van der Waals surface area contributed by atoms with Crippen molar-refractivity contribution in [1.29, 1.82) is 0 Å². The van der Waals surface area contributed by atoms with Crippen molar-refractivity contribution in [2.75, 3.05) is 0 Å². The molecule has 0 fully saturated rings. The first-order valence-electron chi connectivity index (χ1n) is 4.80. The Balaban J connectivity index is 0.000000722. The van der Waals surface area contributed by atoms with E-state index in [2.05, 4.69) is 48.7 Å². The van der Waals surface area contributed by atoms with Gasteiger partial charge in [0.25, 0.3) is 0 Å². The molecule has 17 heavy (non-hydrogen) atoms. The molecule has 3 rings (SSSR count). The smallest absolute Gasteiger partial charge is 0.00121 e. The molecule has 2 aromatic heterocycles. The largest absolute Gasteiger partial charge is 0.255 e. The Kier molecular flexibility index (Phi) is 6.67. The van der Waals surface area contributed by atoms with E-state index in [0.717, 1.165) is 0 Å². The van der Waals surface area contributed by atoms with Crippen molar-refractivity contribution in [3.8, 4) is 9.75 Å². The van der Waals surface area contributed by atoms with Gasteiger partial charge in [-0.25, -0.2) is 0 Å². The van der Waals surface area contributed by atoms with Gasteiger partial charge in [-0.3, -0.25) is 11.3 Å². The summed E-state index contributed by atoms with van der Waals surface area (Å²) in [6.07, 6.45) is 0. The summed E-state index contributed by atoms with van der Waals surface area (Å²) in [6.45, 7) is 2.15. The molecule has 0 saturated carbocycles. The summed E-state index contributed by atoms with van der Waals surface area (Å²) in [4.78, 5) is 4.07. The first-order valence-corrected chi connectivity index (χ1v) is 6.44. The van der Waals surface area contributed by atoms with Crippen LogP contribution in [0.5, 0.6) is 0 Å². The molecule has 0 bridgehead atoms. The van der Waals surface area contributed by atoms with Crippen molar-refractivity contribution in [2.24, 2.45) is 0 Å². The summed E-state index contributed by atoms with van der Waals surface area (Å²) in [5.41, 5.74) is 0. The van der Waals surface area contributed by atoms with Crippen molar-refractivity contribution in [3.63, 3.8) is 0 Å². The Morgan fingerprint density at radius 2 is 1.76 bits per heavy atom. The van der Waals surface area contributed by atoms with Crippen molar-refractivity contribution < 1.29 is 65.4 Å². The molecule has 0 nitrogen and oxygen atoms in total. The van der Waals surface area contributed by atoms with E-state index in [4.69, 9.17) is 0 Å². The van der Waals surface area contributed by atoms with Crippen LogP contribution >= 0.6 is 22.7 Å². The van der Waals surface area contributed by atoms with E-state index in [1.807, 2.05) is 11.3 Å². The van der Waals surface area contributed by atoms with Crippen LogP contribution in [-0.4, -0.2) is 0 Å². The van der Waals surface area contributed by atoms with Gasteiger partial charge >= 0.3 is 0 Å². The first-order chi connectivity index (χ1) is 7.34. The summed E-state index contributed by atoms with van der Waals surface area (Å²) < 4.78 is 0. The number of rotatable bonds is 1. The van der Waals surface area contributed by atoms with Crippen molar-refractivity contribution in [3.05, 3.63) is 46.7 Å². The van der Waals surface area contributed by atoms with Crippen LogP contribution in [0.2, 0.25) is 0 Å². The van der Waals surface area contributed by atoms with E-state index in [-0.39, 0.29) is 65.4 Å². The Labute approximate surface area is 160 Å². The van der Waals surface area contributed by atoms with Crippen LogP contribution in [-0.2, 0) is 65.4 Å². The van der Waals surface area contributed by atoms with Crippen LogP contribution in [0.3, 0.4) is 0 Å². The molecular weight excluding hydrogens is 398 g/mol. The summed E-state index contributed by atoms with van der Waals surface area (Å²) in [5, 5.41) is 5.89. The molecule has 0 saturated heterocycles.